The number of fused-ring (bicyclic) bond motifs is 2. The van der Waals surface area contributed by atoms with Gasteiger partial charge in [0, 0.05) is 0 Å². The molecule has 0 atom stereocenters. The summed E-state index contributed by atoms with van der Waals surface area (Å²) >= 11 is 1.66. The Morgan fingerprint density at radius 1 is 0.658 bits per heavy atom. The highest BCUT2D eigenvalue weighted by Gasteiger charge is 2.34. The summed E-state index contributed by atoms with van der Waals surface area (Å²) in [6.07, 6.45) is 13.0. The fourth-order valence-electron chi connectivity index (χ4n) is 4.43. The van der Waals surface area contributed by atoms with Gasteiger partial charge in [-0.3, -0.25) is 0 Å². The monoisotopic (exact) mass is 546 g/mol. The molecule has 38 heavy (non-hydrogen) atoms. The molecule has 0 amide bonds. The normalized spacial score (nSPS) is 16.2. The van der Waals surface area contributed by atoms with Gasteiger partial charge in [-0.25, -0.2) is 0 Å². The maximum atomic E-state index is 6.53. The molecule has 1 heterocycles. The standard InChI is InChI=1S/C31H46O6S/c1-3-4-5-6-7-8-9-14-19-31(37-26-38-2)24-35-29-17-12-10-15-27(29)33-22-20-32-21-23-34-28-16-11-13-18-30(28)36-25-31/h10-13,15-18H,3-9,14,19-26H2,1-2H3. The number of hydrogen-bond acceptors (Lipinski definition) is 7. The minimum absolute atomic E-state index is 0.365. The van der Waals surface area contributed by atoms with Crippen molar-refractivity contribution in [3.8, 4) is 23.0 Å². The van der Waals surface area contributed by atoms with Crippen molar-refractivity contribution in [3.05, 3.63) is 48.5 Å². The van der Waals surface area contributed by atoms with Crippen molar-refractivity contribution in [2.24, 2.45) is 0 Å². The molecule has 0 spiro atoms. The highest BCUT2D eigenvalue weighted by Crippen LogP contribution is 2.32. The molecule has 2 aromatic carbocycles. The van der Waals surface area contributed by atoms with Gasteiger partial charge in [-0.2, -0.15) is 0 Å². The second-order valence-electron chi connectivity index (χ2n) is 9.74. The van der Waals surface area contributed by atoms with E-state index >= 15 is 0 Å². The number of hydrogen-bond donors (Lipinski definition) is 0. The average molecular weight is 547 g/mol. The lowest BCUT2D eigenvalue weighted by Gasteiger charge is -2.34. The molecule has 0 unspecified atom stereocenters. The molecule has 3 rings (SSSR count). The SMILES string of the molecule is CCCCCCCCCCC1(OCSC)COc2ccccc2OCCOCCOc2ccccc2OC1. The minimum Gasteiger partial charge on any atom is -0.487 e. The van der Waals surface area contributed by atoms with Crippen LogP contribution in [0.1, 0.15) is 64.7 Å². The van der Waals surface area contributed by atoms with Crippen LogP contribution in [0.4, 0.5) is 0 Å². The van der Waals surface area contributed by atoms with E-state index in [0.29, 0.717) is 68.6 Å². The van der Waals surface area contributed by atoms with E-state index in [1.165, 1.54) is 44.9 Å². The van der Waals surface area contributed by atoms with Gasteiger partial charge < -0.3 is 28.4 Å². The molecule has 1 aliphatic rings. The van der Waals surface area contributed by atoms with Crippen LogP contribution in [0.3, 0.4) is 0 Å². The lowest BCUT2D eigenvalue weighted by atomic mass is 9.96. The van der Waals surface area contributed by atoms with Crippen LogP contribution < -0.4 is 18.9 Å². The fourth-order valence-corrected chi connectivity index (χ4v) is 4.79. The van der Waals surface area contributed by atoms with Crippen LogP contribution in [0.5, 0.6) is 23.0 Å². The van der Waals surface area contributed by atoms with Crippen molar-refractivity contribution in [3.63, 3.8) is 0 Å². The van der Waals surface area contributed by atoms with Crippen LogP contribution in [-0.2, 0) is 9.47 Å². The third-order valence-electron chi connectivity index (χ3n) is 6.62. The molecule has 0 fully saturated rings. The van der Waals surface area contributed by atoms with Crippen LogP contribution in [0, 0.1) is 0 Å². The largest absolute Gasteiger partial charge is 0.487 e. The van der Waals surface area contributed by atoms with Gasteiger partial charge in [-0.05, 0) is 36.9 Å². The highest BCUT2D eigenvalue weighted by molar-refractivity contribution is 7.98. The zero-order valence-corrected chi connectivity index (χ0v) is 24.1. The van der Waals surface area contributed by atoms with E-state index in [1.807, 2.05) is 48.5 Å². The summed E-state index contributed by atoms with van der Waals surface area (Å²) in [5, 5.41) is 0. The molecule has 0 bridgehead atoms. The maximum Gasteiger partial charge on any atom is 0.161 e. The van der Waals surface area contributed by atoms with Crippen LogP contribution in [0.25, 0.3) is 0 Å². The van der Waals surface area contributed by atoms with Crippen LogP contribution in [-0.4, -0.2) is 57.4 Å². The molecule has 7 heteroatoms. The number of unbranched alkanes of at least 4 members (excludes halogenated alkanes) is 7. The van der Waals surface area contributed by atoms with Gasteiger partial charge in [0.2, 0.25) is 0 Å². The first-order valence-electron chi connectivity index (χ1n) is 14.2. The number of benzene rings is 2. The zero-order valence-electron chi connectivity index (χ0n) is 23.3. The summed E-state index contributed by atoms with van der Waals surface area (Å²) in [6, 6.07) is 15.6. The first-order chi connectivity index (χ1) is 18.8. The molecule has 0 N–H and O–H groups in total. The third kappa shape index (κ3) is 11.0. The number of ether oxygens (including phenoxy) is 6. The van der Waals surface area contributed by atoms with E-state index in [0.717, 1.165) is 12.8 Å². The van der Waals surface area contributed by atoms with E-state index in [2.05, 4.69) is 13.2 Å². The second kappa shape index (κ2) is 18.2. The molecule has 1 aliphatic heterocycles. The van der Waals surface area contributed by atoms with Gasteiger partial charge >= 0.3 is 0 Å². The molecule has 0 aromatic heterocycles. The van der Waals surface area contributed by atoms with E-state index in [9.17, 15) is 0 Å². The molecular formula is C31H46O6S. The maximum absolute atomic E-state index is 6.53. The van der Waals surface area contributed by atoms with Crippen molar-refractivity contribution < 1.29 is 28.4 Å². The first-order valence-corrected chi connectivity index (χ1v) is 15.6. The van der Waals surface area contributed by atoms with Gasteiger partial charge in [-0.1, -0.05) is 82.6 Å². The van der Waals surface area contributed by atoms with E-state index in [-0.39, 0.29) is 0 Å². The summed E-state index contributed by atoms with van der Waals surface area (Å²) in [5.41, 5.74) is -0.606. The fraction of sp³-hybridized carbons (Fsp3) is 0.613. The molecule has 212 valence electrons. The summed E-state index contributed by atoms with van der Waals surface area (Å²) in [5.74, 6) is 3.39. The summed E-state index contributed by atoms with van der Waals surface area (Å²) in [4.78, 5) is 0. The first kappa shape index (κ1) is 30.5. The second-order valence-corrected chi connectivity index (χ2v) is 10.6. The molecule has 0 aliphatic carbocycles. The van der Waals surface area contributed by atoms with Crippen molar-refractivity contribution in [2.75, 3.05) is 51.8 Å². The number of thioether (sulfide) groups is 1. The Hall–Kier alpha value is -2.09. The predicted molar refractivity (Wildman–Crippen MR) is 155 cm³/mol. The Morgan fingerprint density at radius 3 is 1.63 bits per heavy atom. The minimum atomic E-state index is -0.606. The van der Waals surface area contributed by atoms with Crippen molar-refractivity contribution in [2.45, 2.75) is 70.3 Å². The Labute approximate surface area is 233 Å². The molecule has 6 nitrogen and oxygen atoms in total. The number of para-hydroxylation sites is 4. The van der Waals surface area contributed by atoms with Crippen LogP contribution >= 0.6 is 11.8 Å². The van der Waals surface area contributed by atoms with Gasteiger partial charge in [0.25, 0.3) is 0 Å². The summed E-state index contributed by atoms with van der Waals surface area (Å²) in [7, 11) is 0. The third-order valence-corrected chi connectivity index (χ3v) is 6.97. The Balaban J connectivity index is 1.75. The van der Waals surface area contributed by atoms with E-state index in [4.69, 9.17) is 28.4 Å². The molecule has 2 aromatic rings. The highest BCUT2D eigenvalue weighted by atomic mass is 32.2. The summed E-state index contributed by atoms with van der Waals surface area (Å²) in [6.45, 7) is 4.80. The Bertz CT molecular complexity index is 837. The topological polar surface area (TPSA) is 55.4 Å². The lowest BCUT2D eigenvalue weighted by Crippen LogP contribution is -2.45. The van der Waals surface area contributed by atoms with Crippen molar-refractivity contribution in [1.82, 2.24) is 0 Å². The van der Waals surface area contributed by atoms with Crippen LogP contribution in [0.15, 0.2) is 48.5 Å². The average Bonchev–Trinajstić information content (AvgIpc) is 2.95. The molecule has 0 radical (unpaired) electrons. The van der Waals surface area contributed by atoms with E-state index in [1.54, 1.807) is 11.8 Å². The van der Waals surface area contributed by atoms with Crippen molar-refractivity contribution in [1.29, 1.82) is 0 Å². The van der Waals surface area contributed by atoms with Crippen LogP contribution in [0.2, 0.25) is 0 Å². The quantitative estimate of drug-likeness (QED) is 0.201. The summed E-state index contributed by atoms with van der Waals surface area (Å²) < 4.78 is 37.0. The van der Waals surface area contributed by atoms with Gasteiger partial charge in [0.15, 0.2) is 23.0 Å². The predicted octanol–water partition coefficient (Wildman–Crippen LogP) is 7.54. The van der Waals surface area contributed by atoms with Gasteiger partial charge in [0.1, 0.15) is 32.0 Å². The Morgan fingerprint density at radius 2 is 1.13 bits per heavy atom. The van der Waals surface area contributed by atoms with Gasteiger partial charge in [-0.15, -0.1) is 11.8 Å². The zero-order chi connectivity index (χ0) is 26.7. The Kier molecular flexibility index (Phi) is 14.6. The smallest absolute Gasteiger partial charge is 0.161 e. The van der Waals surface area contributed by atoms with E-state index < -0.39 is 5.60 Å². The van der Waals surface area contributed by atoms with Gasteiger partial charge in [0.05, 0.1) is 19.2 Å². The molecule has 0 saturated carbocycles. The molecule has 0 saturated heterocycles. The lowest BCUT2D eigenvalue weighted by molar-refractivity contribution is -0.0860. The number of rotatable bonds is 12. The van der Waals surface area contributed by atoms with Crippen molar-refractivity contribution >= 4 is 11.8 Å². The molecular weight excluding hydrogens is 500 g/mol.